The van der Waals surface area contributed by atoms with Crippen molar-refractivity contribution in [3.8, 4) is 0 Å². The van der Waals surface area contributed by atoms with E-state index < -0.39 is 5.97 Å². The Labute approximate surface area is 156 Å². The smallest absolute Gasteiger partial charge is 0.344 e. The molecule has 1 heterocycles. The molecule has 1 aliphatic heterocycles. The monoisotopic (exact) mass is 368 g/mol. The largest absolute Gasteiger partial charge is 0.506 e. The lowest BCUT2D eigenvalue weighted by molar-refractivity contribution is -0.138. The Balaban J connectivity index is 2.12. The number of carbonyl (C=O) groups excluding carboxylic acids is 1. The lowest BCUT2D eigenvalue weighted by Gasteiger charge is -2.06. The van der Waals surface area contributed by atoms with Gasteiger partial charge in [-0.05, 0) is 18.4 Å². The SMILES string of the molecule is CCOC(=O)C1=C(O)C(=CN(C)C)SC1=Nc1cccc2ccccc12. The van der Waals surface area contributed by atoms with Crippen LogP contribution in [0.3, 0.4) is 0 Å². The highest BCUT2D eigenvalue weighted by atomic mass is 32.2. The topological polar surface area (TPSA) is 62.1 Å². The van der Waals surface area contributed by atoms with Crippen LogP contribution in [0.2, 0.25) is 0 Å². The summed E-state index contributed by atoms with van der Waals surface area (Å²) in [4.78, 5) is 19.4. The fourth-order valence-electron chi connectivity index (χ4n) is 2.63. The zero-order valence-electron chi connectivity index (χ0n) is 14.9. The highest BCUT2D eigenvalue weighted by Gasteiger charge is 2.33. The summed E-state index contributed by atoms with van der Waals surface area (Å²) in [5.41, 5.74) is 0.851. The molecule has 5 nitrogen and oxygen atoms in total. The minimum atomic E-state index is -0.571. The van der Waals surface area contributed by atoms with Crippen LogP contribution >= 0.6 is 11.8 Å². The average molecular weight is 368 g/mol. The van der Waals surface area contributed by atoms with Gasteiger partial charge in [-0.25, -0.2) is 9.79 Å². The van der Waals surface area contributed by atoms with Crippen molar-refractivity contribution in [2.24, 2.45) is 4.99 Å². The number of ether oxygens (including phenoxy) is 1. The van der Waals surface area contributed by atoms with Gasteiger partial charge in [-0.2, -0.15) is 0 Å². The van der Waals surface area contributed by atoms with Gasteiger partial charge in [0, 0.05) is 25.7 Å². The van der Waals surface area contributed by atoms with Gasteiger partial charge < -0.3 is 14.7 Å². The Bertz CT molecular complexity index is 940. The van der Waals surface area contributed by atoms with Crippen LogP contribution in [-0.4, -0.2) is 41.7 Å². The van der Waals surface area contributed by atoms with Crippen LogP contribution in [0.15, 0.2) is 69.9 Å². The number of aliphatic imine (C=N–C) groups is 1. The molecule has 0 spiro atoms. The normalized spacial score (nSPS) is 17.3. The van der Waals surface area contributed by atoms with Crippen LogP contribution in [0, 0.1) is 0 Å². The first kappa shape index (κ1) is 18.1. The van der Waals surface area contributed by atoms with Gasteiger partial charge in [-0.15, -0.1) is 0 Å². The van der Waals surface area contributed by atoms with Crippen LogP contribution in [-0.2, 0) is 9.53 Å². The standard InChI is InChI=1S/C20H20N2O3S/c1-4-25-20(24)17-18(23)16(12-22(2)3)26-19(17)21-15-11-7-9-13-8-5-6-10-14(13)15/h5-12,23H,4H2,1-3H3. The predicted octanol–water partition coefficient (Wildman–Crippen LogP) is 4.39. The first-order valence-electron chi connectivity index (χ1n) is 8.25. The van der Waals surface area contributed by atoms with E-state index in [1.165, 1.54) is 11.8 Å². The Morgan fingerprint density at radius 2 is 1.96 bits per heavy atom. The maximum atomic E-state index is 12.4. The van der Waals surface area contributed by atoms with Crippen molar-refractivity contribution in [3.63, 3.8) is 0 Å². The first-order valence-corrected chi connectivity index (χ1v) is 9.06. The third-order valence-electron chi connectivity index (χ3n) is 3.73. The molecule has 0 bridgehead atoms. The number of thioether (sulfide) groups is 1. The molecule has 0 amide bonds. The molecule has 134 valence electrons. The lowest BCUT2D eigenvalue weighted by Crippen LogP contribution is -2.13. The summed E-state index contributed by atoms with van der Waals surface area (Å²) in [6.07, 6.45) is 1.75. The molecular formula is C20H20N2O3S. The fourth-order valence-corrected chi connectivity index (χ4v) is 3.73. The van der Waals surface area contributed by atoms with Crippen molar-refractivity contribution in [2.75, 3.05) is 20.7 Å². The molecular weight excluding hydrogens is 348 g/mol. The summed E-state index contributed by atoms with van der Waals surface area (Å²) in [6.45, 7) is 1.96. The number of esters is 1. The number of fused-ring (bicyclic) bond motifs is 1. The zero-order valence-corrected chi connectivity index (χ0v) is 15.7. The molecule has 0 fully saturated rings. The summed E-state index contributed by atoms with van der Waals surface area (Å²) in [7, 11) is 3.70. The molecule has 0 unspecified atom stereocenters. The number of hydrogen-bond acceptors (Lipinski definition) is 6. The summed E-state index contributed by atoms with van der Waals surface area (Å²) < 4.78 is 5.11. The summed E-state index contributed by atoms with van der Waals surface area (Å²) in [5.74, 6) is -0.667. The number of carbonyl (C=O) groups is 1. The van der Waals surface area contributed by atoms with E-state index in [1.54, 1.807) is 13.1 Å². The van der Waals surface area contributed by atoms with E-state index in [9.17, 15) is 9.90 Å². The van der Waals surface area contributed by atoms with Crippen LogP contribution in [0.5, 0.6) is 0 Å². The van der Waals surface area contributed by atoms with Gasteiger partial charge in [-0.3, -0.25) is 0 Å². The second-order valence-electron chi connectivity index (χ2n) is 5.92. The molecule has 26 heavy (non-hydrogen) atoms. The Morgan fingerprint density at radius 3 is 2.69 bits per heavy atom. The molecule has 6 heteroatoms. The van der Waals surface area contributed by atoms with Crippen molar-refractivity contribution < 1.29 is 14.6 Å². The zero-order chi connectivity index (χ0) is 18.7. The number of nitrogens with zero attached hydrogens (tertiary/aromatic N) is 2. The number of rotatable bonds is 4. The Hall–Kier alpha value is -2.73. The average Bonchev–Trinajstić information content (AvgIpc) is 2.90. The van der Waals surface area contributed by atoms with Crippen molar-refractivity contribution in [1.29, 1.82) is 0 Å². The maximum Gasteiger partial charge on any atom is 0.344 e. The minimum Gasteiger partial charge on any atom is -0.506 e. The summed E-state index contributed by atoms with van der Waals surface area (Å²) >= 11 is 1.26. The fraction of sp³-hybridized carbons (Fsp3) is 0.200. The van der Waals surface area contributed by atoms with Crippen molar-refractivity contribution in [1.82, 2.24) is 4.90 Å². The lowest BCUT2D eigenvalue weighted by atomic mass is 10.1. The molecule has 0 aromatic heterocycles. The highest BCUT2D eigenvalue weighted by molar-refractivity contribution is 8.18. The summed E-state index contributed by atoms with van der Waals surface area (Å²) in [5, 5.41) is 13.0. The molecule has 2 aromatic rings. The van der Waals surface area contributed by atoms with Crippen molar-refractivity contribution in [2.45, 2.75) is 6.92 Å². The predicted molar refractivity (Wildman–Crippen MR) is 107 cm³/mol. The second-order valence-corrected chi connectivity index (χ2v) is 6.95. The molecule has 0 saturated heterocycles. The van der Waals surface area contributed by atoms with Gasteiger partial charge in [-0.1, -0.05) is 48.2 Å². The van der Waals surface area contributed by atoms with Crippen molar-refractivity contribution in [3.05, 3.63) is 64.9 Å². The summed E-state index contributed by atoms with van der Waals surface area (Å²) in [6, 6.07) is 13.7. The first-order chi connectivity index (χ1) is 12.5. The molecule has 1 aliphatic rings. The van der Waals surface area contributed by atoms with E-state index >= 15 is 0 Å². The molecule has 0 atom stereocenters. The van der Waals surface area contributed by atoms with Gasteiger partial charge in [0.25, 0.3) is 0 Å². The van der Waals surface area contributed by atoms with Crippen LogP contribution in [0.1, 0.15) is 6.92 Å². The highest BCUT2D eigenvalue weighted by Crippen LogP contribution is 2.40. The van der Waals surface area contributed by atoms with Gasteiger partial charge in [0.05, 0.1) is 17.2 Å². The molecule has 2 aromatic carbocycles. The third kappa shape index (κ3) is 3.60. The van der Waals surface area contributed by atoms with Crippen molar-refractivity contribution >= 4 is 39.2 Å². The van der Waals surface area contributed by atoms with Crippen LogP contribution in [0.4, 0.5) is 5.69 Å². The Morgan fingerprint density at radius 1 is 1.23 bits per heavy atom. The van der Waals surface area contributed by atoms with Gasteiger partial charge >= 0.3 is 5.97 Å². The quantitative estimate of drug-likeness (QED) is 0.811. The van der Waals surface area contributed by atoms with Crippen LogP contribution < -0.4 is 0 Å². The third-order valence-corrected chi connectivity index (χ3v) is 4.74. The van der Waals surface area contributed by atoms with E-state index in [0.29, 0.717) is 9.95 Å². The van der Waals surface area contributed by atoms with E-state index in [0.717, 1.165) is 16.5 Å². The second kappa shape index (κ2) is 7.66. The van der Waals surface area contributed by atoms with E-state index in [2.05, 4.69) is 4.99 Å². The molecule has 1 N–H and O–H groups in total. The molecule has 0 radical (unpaired) electrons. The number of aliphatic hydroxyl groups excluding tert-OH is 1. The van der Waals surface area contributed by atoms with Crippen LogP contribution in [0.25, 0.3) is 10.8 Å². The number of benzene rings is 2. The molecule has 0 saturated carbocycles. The maximum absolute atomic E-state index is 12.4. The number of hydrogen-bond donors (Lipinski definition) is 1. The molecule has 0 aliphatic carbocycles. The van der Waals surface area contributed by atoms with E-state index in [-0.39, 0.29) is 17.9 Å². The number of aliphatic hydroxyl groups is 1. The van der Waals surface area contributed by atoms with Gasteiger partial charge in [0.2, 0.25) is 0 Å². The van der Waals surface area contributed by atoms with E-state index in [4.69, 9.17) is 4.74 Å². The van der Waals surface area contributed by atoms with Gasteiger partial charge in [0.1, 0.15) is 16.4 Å². The minimum absolute atomic E-state index is 0.0962. The Kier molecular flexibility index (Phi) is 5.32. The molecule has 3 rings (SSSR count). The van der Waals surface area contributed by atoms with Gasteiger partial charge in [0.15, 0.2) is 0 Å². The van der Waals surface area contributed by atoms with E-state index in [1.807, 2.05) is 61.5 Å².